The topological polar surface area (TPSA) is 12.0 Å². The van der Waals surface area contributed by atoms with Gasteiger partial charge < -0.3 is 5.32 Å². The van der Waals surface area contributed by atoms with Gasteiger partial charge in [-0.1, -0.05) is 52.4 Å². The highest BCUT2D eigenvalue weighted by atomic mass is 15.0. The van der Waals surface area contributed by atoms with Gasteiger partial charge in [-0.2, -0.15) is 0 Å². The molecule has 0 aromatic carbocycles. The largest absolute Gasteiger partial charge is 0.311 e. The summed E-state index contributed by atoms with van der Waals surface area (Å²) in [5.41, 5.74) is 0. The van der Waals surface area contributed by atoms with Gasteiger partial charge in [-0.3, -0.25) is 0 Å². The van der Waals surface area contributed by atoms with Gasteiger partial charge in [0.1, 0.15) is 0 Å². The number of piperidine rings is 1. The van der Waals surface area contributed by atoms with Gasteiger partial charge in [-0.05, 0) is 55.8 Å². The summed E-state index contributed by atoms with van der Waals surface area (Å²) in [6.07, 6.45) is 16.3. The first-order valence-corrected chi connectivity index (χ1v) is 9.54. The zero-order valence-corrected chi connectivity index (χ0v) is 13.7. The van der Waals surface area contributed by atoms with E-state index in [0.29, 0.717) is 0 Å². The lowest BCUT2D eigenvalue weighted by atomic mass is 9.63. The number of unbranched alkanes of at least 4 members (excludes halogenated alkanes) is 2. The quantitative estimate of drug-likeness (QED) is 0.701. The van der Waals surface area contributed by atoms with Crippen LogP contribution < -0.4 is 5.32 Å². The van der Waals surface area contributed by atoms with Crippen LogP contribution in [0.1, 0.15) is 84.5 Å². The fourth-order valence-corrected chi connectivity index (χ4v) is 5.48. The second kappa shape index (κ2) is 6.81. The molecular weight excluding hydrogens is 242 g/mol. The standard InChI is InChI=1S/C19H35N/c1-3-4-5-8-15-13-19-17(11-14(15)2)12-16-9-6-7-10-18(16)20-19/h14-20H,3-13H2,1-2H3. The molecule has 6 atom stereocenters. The summed E-state index contributed by atoms with van der Waals surface area (Å²) < 4.78 is 0. The number of fused-ring (bicyclic) bond motifs is 2. The molecule has 0 spiro atoms. The molecule has 0 amide bonds. The highest BCUT2D eigenvalue weighted by Crippen LogP contribution is 2.44. The van der Waals surface area contributed by atoms with Crippen LogP contribution >= 0.6 is 0 Å². The lowest BCUT2D eigenvalue weighted by Gasteiger charge is -2.50. The smallest absolute Gasteiger partial charge is 0.0101 e. The molecule has 2 aliphatic carbocycles. The Bertz CT molecular complexity index is 300. The minimum absolute atomic E-state index is 0.872. The van der Waals surface area contributed by atoms with E-state index in [1.165, 1.54) is 64.2 Å². The maximum Gasteiger partial charge on any atom is 0.0101 e. The molecule has 20 heavy (non-hydrogen) atoms. The van der Waals surface area contributed by atoms with Gasteiger partial charge in [0.2, 0.25) is 0 Å². The summed E-state index contributed by atoms with van der Waals surface area (Å²) in [5.74, 6) is 4.02. The van der Waals surface area contributed by atoms with Gasteiger partial charge >= 0.3 is 0 Å². The van der Waals surface area contributed by atoms with Crippen molar-refractivity contribution in [3.63, 3.8) is 0 Å². The maximum absolute atomic E-state index is 4.10. The van der Waals surface area contributed by atoms with Gasteiger partial charge in [0.15, 0.2) is 0 Å². The van der Waals surface area contributed by atoms with Gasteiger partial charge in [0, 0.05) is 12.1 Å². The molecule has 1 nitrogen and oxygen atoms in total. The molecule has 0 radical (unpaired) electrons. The molecule has 3 fully saturated rings. The van der Waals surface area contributed by atoms with Crippen LogP contribution in [-0.4, -0.2) is 12.1 Å². The predicted molar refractivity (Wildman–Crippen MR) is 86.8 cm³/mol. The van der Waals surface area contributed by atoms with Gasteiger partial charge in [0.25, 0.3) is 0 Å². The fourth-order valence-electron chi connectivity index (χ4n) is 5.48. The summed E-state index contributed by atoms with van der Waals surface area (Å²) in [6.45, 7) is 4.87. The number of rotatable bonds is 4. The Morgan fingerprint density at radius 2 is 1.75 bits per heavy atom. The van der Waals surface area contributed by atoms with Gasteiger partial charge in [-0.15, -0.1) is 0 Å². The third-order valence-electron chi connectivity index (χ3n) is 6.73. The van der Waals surface area contributed by atoms with E-state index in [1.807, 2.05) is 0 Å². The Kier molecular flexibility index (Phi) is 5.07. The molecule has 0 aromatic heterocycles. The molecule has 0 bridgehead atoms. The van der Waals surface area contributed by atoms with Crippen LogP contribution in [0.15, 0.2) is 0 Å². The monoisotopic (exact) mass is 277 g/mol. The molecule has 1 N–H and O–H groups in total. The van der Waals surface area contributed by atoms with Crippen molar-refractivity contribution in [3.8, 4) is 0 Å². The van der Waals surface area contributed by atoms with Crippen LogP contribution in [0.5, 0.6) is 0 Å². The second-order valence-electron chi connectivity index (χ2n) is 8.12. The van der Waals surface area contributed by atoms with E-state index in [1.54, 1.807) is 6.42 Å². The van der Waals surface area contributed by atoms with E-state index in [2.05, 4.69) is 19.2 Å². The number of hydrogen-bond donors (Lipinski definition) is 1. The van der Waals surface area contributed by atoms with E-state index < -0.39 is 0 Å². The van der Waals surface area contributed by atoms with Gasteiger partial charge in [0.05, 0.1) is 0 Å². The Labute approximate surface area is 126 Å². The average molecular weight is 277 g/mol. The second-order valence-corrected chi connectivity index (χ2v) is 8.12. The summed E-state index contributed by atoms with van der Waals surface area (Å²) >= 11 is 0. The van der Waals surface area contributed by atoms with Crippen molar-refractivity contribution < 1.29 is 0 Å². The molecule has 1 heterocycles. The van der Waals surface area contributed by atoms with E-state index >= 15 is 0 Å². The fraction of sp³-hybridized carbons (Fsp3) is 1.00. The summed E-state index contributed by atoms with van der Waals surface area (Å²) in [6, 6.07) is 1.76. The first-order chi connectivity index (χ1) is 9.78. The third-order valence-corrected chi connectivity index (χ3v) is 6.73. The van der Waals surface area contributed by atoms with E-state index in [9.17, 15) is 0 Å². The molecule has 3 rings (SSSR count). The molecule has 1 heteroatoms. The maximum atomic E-state index is 4.10. The zero-order valence-electron chi connectivity index (χ0n) is 13.7. The van der Waals surface area contributed by atoms with Crippen molar-refractivity contribution in [3.05, 3.63) is 0 Å². The average Bonchev–Trinajstić information content (AvgIpc) is 2.46. The predicted octanol–water partition coefficient (Wildman–Crippen LogP) is 5.15. The van der Waals surface area contributed by atoms with Crippen LogP contribution in [0.4, 0.5) is 0 Å². The highest BCUT2D eigenvalue weighted by Gasteiger charge is 2.42. The van der Waals surface area contributed by atoms with Crippen LogP contribution in [0.25, 0.3) is 0 Å². The van der Waals surface area contributed by atoms with Crippen LogP contribution in [0.3, 0.4) is 0 Å². The third kappa shape index (κ3) is 3.24. The minimum Gasteiger partial charge on any atom is -0.311 e. The number of hydrogen-bond acceptors (Lipinski definition) is 1. The summed E-state index contributed by atoms with van der Waals surface area (Å²) in [5, 5.41) is 4.10. The van der Waals surface area contributed by atoms with Crippen molar-refractivity contribution >= 4 is 0 Å². The Morgan fingerprint density at radius 3 is 2.60 bits per heavy atom. The molecule has 116 valence electrons. The van der Waals surface area contributed by atoms with Crippen LogP contribution in [0.2, 0.25) is 0 Å². The molecule has 2 saturated carbocycles. The Morgan fingerprint density at radius 1 is 0.900 bits per heavy atom. The molecule has 6 unspecified atom stereocenters. The van der Waals surface area contributed by atoms with Crippen molar-refractivity contribution in [1.29, 1.82) is 0 Å². The zero-order chi connectivity index (χ0) is 13.9. The van der Waals surface area contributed by atoms with E-state index in [0.717, 1.165) is 35.8 Å². The highest BCUT2D eigenvalue weighted by molar-refractivity contribution is 4.98. The van der Waals surface area contributed by atoms with E-state index in [4.69, 9.17) is 0 Å². The number of nitrogens with one attached hydrogen (secondary N) is 1. The lowest BCUT2D eigenvalue weighted by Crippen LogP contribution is -2.56. The molecular formula is C19H35N. The summed E-state index contributed by atoms with van der Waals surface area (Å²) in [7, 11) is 0. The van der Waals surface area contributed by atoms with Crippen LogP contribution in [-0.2, 0) is 0 Å². The van der Waals surface area contributed by atoms with Crippen LogP contribution in [0, 0.1) is 23.7 Å². The Hall–Kier alpha value is -0.0400. The Balaban J connectivity index is 1.55. The molecule has 3 aliphatic rings. The molecule has 0 aromatic rings. The van der Waals surface area contributed by atoms with E-state index in [-0.39, 0.29) is 0 Å². The van der Waals surface area contributed by atoms with Crippen molar-refractivity contribution in [1.82, 2.24) is 5.32 Å². The minimum atomic E-state index is 0.872. The summed E-state index contributed by atoms with van der Waals surface area (Å²) in [4.78, 5) is 0. The SMILES string of the molecule is CCCCCC1CC2NC3CCCCC3CC2CC1C. The molecule has 1 aliphatic heterocycles. The molecule has 1 saturated heterocycles. The first kappa shape index (κ1) is 14.9. The normalized spacial score (nSPS) is 44.7. The first-order valence-electron chi connectivity index (χ1n) is 9.54. The lowest BCUT2D eigenvalue weighted by molar-refractivity contribution is 0.0486. The van der Waals surface area contributed by atoms with Crippen molar-refractivity contribution in [2.75, 3.05) is 0 Å². The van der Waals surface area contributed by atoms with Gasteiger partial charge in [-0.25, -0.2) is 0 Å². The van der Waals surface area contributed by atoms with Crippen molar-refractivity contribution in [2.24, 2.45) is 23.7 Å². The van der Waals surface area contributed by atoms with Crippen molar-refractivity contribution in [2.45, 2.75) is 96.6 Å².